The maximum Gasteiger partial charge on any atom is 0.272 e. The first-order chi connectivity index (χ1) is 11.1. The fraction of sp³-hybridized carbons (Fsp3) is 0.529. The van der Waals surface area contributed by atoms with Crippen molar-refractivity contribution in [3.05, 3.63) is 30.0 Å². The second-order valence-corrected chi connectivity index (χ2v) is 6.47. The van der Waals surface area contributed by atoms with Gasteiger partial charge < -0.3 is 10.1 Å². The number of hydrogen-bond donors (Lipinski definition) is 2. The van der Waals surface area contributed by atoms with Crippen LogP contribution < -0.4 is 5.32 Å². The molecule has 1 unspecified atom stereocenters. The number of para-hydroxylation sites is 1. The second-order valence-electron chi connectivity index (χ2n) is 6.47. The molecule has 6 nitrogen and oxygen atoms in total. The summed E-state index contributed by atoms with van der Waals surface area (Å²) in [4.78, 5) is 14.8. The van der Waals surface area contributed by atoms with Gasteiger partial charge in [-0.25, -0.2) is 0 Å². The number of H-pyrrole nitrogens is 1. The van der Waals surface area contributed by atoms with Crippen molar-refractivity contribution in [3.63, 3.8) is 0 Å². The van der Waals surface area contributed by atoms with Gasteiger partial charge in [-0.3, -0.25) is 14.8 Å². The van der Waals surface area contributed by atoms with Crippen molar-refractivity contribution >= 4 is 16.8 Å². The van der Waals surface area contributed by atoms with Gasteiger partial charge in [0.2, 0.25) is 0 Å². The molecule has 1 fully saturated rings. The molecule has 2 N–H and O–H groups in total. The number of amides is 1. The van der Waals surface area contributed by atoms with Crippen molar-refractivity contribution in [2.24, 2.45) is 5.92 Å². The van der Waals surface area contributed by atoms with E-state index in [4.69, 9.17) is 4.74 Å². The van der Waals surface area contributed by atoms with Gasteiger partial charge in [-0.1, -0.05) is 32.0 Å². The standard InChI is InChI=1S/C17H24N4O2/c1-12(2)10-21-7-8-23-13(11-21)9-18-17(22)16-14-5-3-4-6-15(14)19-20-16/h3-6,12-13H,7-11H2,1-2H3,(H,18,22)(H,19,20). The lowest BCUT2D eigenvalue weighted by molar-refractivity contribution is -0.0295. The normalized spacial score (nSPS) is 19.3. The number of benzene rings is 1. The quantitative estimate of drug-likeness (QED) is 0.880. The monoisotopic (exact) mass is 316 g/mol. The van der Waals surface area contributed by atoms with Crippen LogP contribution in [0, 0.1) is 5.92 Å². The smallest absolute Gasteiger partial charge is 0.272 e. The molecule has 6 heteroatoms. The van der Waals surface area contributed by atoms with Crippen molar-refractivity contribution in [2.45, 2.75) is 20.0 Å². The maximum atomic E-state index is 12.4. The lowest BCUT2D eigenvalue weighted by Gasteiger charge is -2.33. The van der Waals surface area contributed by atoms with E-state index in [1.807, 2.05) is 24.3 Å². The molecule has 2 aromatic rings. The lowest BCUT2D eigenvalue weighted by atomic mass is 10.1. The zero-order chi connectivity index (χ0) is 16.2. The number of ether oxygens (including phenoxy) is 1. The van der Waals surface area contributed by atoms with Crippen molar-refractivity contribution in [3.8, 4) is 0 Å². The number of nitrogens with zero attached hydrogens (tertiary/aromatic N) is 2. The van der Waals surface area contributed by atoms with E-state index >= 15 is 0 Å². The van der Waals surface area contributed by atoms with Gasteiger partial charge in [0, 0.05) is 31.6 Å². The van der Waals surface area contributed by atoms with Crippen molar-refractivity contribution in [1.29, 1.82) is 0 Å². The highest BCUT2D eigenvalue weighted by Crippen LogP contribution is 2.15. The Morgan fingerprint density at radius 2 is 2.30 bits per heavy atom. The van der Waals surface area contributed by atoms with Crippen LogP contribution in [0.15, 0.2) is 24.3 Å². The average Bonchev–Trinajstić information content (AvgIpc) is 2.96. The Bertz CT molecular complexity index is 667. The van der Waals surface area contributed by atoms with Crippen LogP contribution in [0.4, 0.5) is 0 Å². The molecule has 1 aliphatic heterocycles. The van der Waals surface area contributed by atoms with Crippen LogP contribution in [0.5, 0.6) is 0 Å². The van der Waals surface area contributed by atoms with E-state index in [0.717, 1.165) is 37.1 Å². The Labute approximate surface area is 136 Å². The highest BCUT2D eigenvalue weighted by Gasteiger charge is 2.22. The molecule has 1 amide bonds. The fourth-order valence-corrected chi connectivity index (χ4v) is 3.01. The van der Waals surface area contributed by atoms with E-state index in [0.29, 0.717) is 18.2 Å². The van der Waals surface area contributed by atoms with Gasteiger partial charge in [-0.05, 0) is 12.0 Å². The maximum absolute atomic E-state index is 12.4. The summed E-state index contributed by atoms with van der Waals surface area (Å²) in [5, 5.41) is 10.8. The third kappa shape index (κ3) is 3.89. The summed E-state index contributed by atoms with van der Waals surface area (Å²) in [7, 11) is 0. The first-order valence-electron chi connectivity index (χ1n) is 8.18. The molecule has 0 bridgehead atoms. The fourth-order valence-electron chi connectivity index (χ4n) is 3.01. The van der Waals surface area contributed by atoms with E-state index in [-0.39, 0.29) is 12.0 Å². The SMILES string of the molecule is CC(C)CN1CCOC(CNC(=O)c2n[nH]c3ccccc23)C1. The van der Waals surface area contributed by atoms with Crippen molar-refractivity contribution in [1.82, 2.24) is 20.4 Å². The number of aromatic amines is 1. The Kier molecular flexibility index (Phi) is 4.93. The van der Waals surface area contributed by atoms with Crippen LogP contribution in [0.25, 0.3) is 10.9 Å². The highest BCUT2D eigenvalue weighted by molar-refractivity contribution is 6.04. The van der Waals surface area contributed by atoms with E-state index < -0.39 is 0 Å². The molecule has 1 atom stereocenters. The average molecular weight is 316 g/mol. The van der Waals surface area contributed by atoms with E-state index in [2.05, 4.69) is 34.3 Å². The number of carbonyl (C=O) groups is 1. The highest BCUT2D eigenvalue weighted by atomic mass is 16.5. The number of carbonyl (C=O) groups excluding carboxylic acids is 1. The number of morpholine rings is 1. The third-order valence-electron chi connectivity index (χ3n) is 4.02. The molecule has 23 heavy (non-hydrogen) atoms. The van der Waals surface area contributed by atoms with Crippen LogP contribution in [0.2, 0.25) is 0 Å². The molecule has 0 saturated carbocycles. The van der Waals surface area contributed by atoms with Crippen LogP contribution in [0.3, 0.4) is 0 Å². The summed E-state index contributed by atoms with van der Waals surface area (Å²) >= 11 is 0. The molecule has 1 aliphatic rings. The first-order valence-corrected chi connectivity index (χ1v) is 8.18. The van der Waals surface area contributed by atoms with Crippen LogP contribution in [0.1, 0.15) is 24.3 Å². The number of nitrogens with one attached hydrogen (secondary N) is 2. The largest absolute Gasteiger partial charge is 0.374 e. The van der Waals surface area contributed by atoms with Crippen molar-refractivity contribution in [2.75, 3.05) is 32.8 Å². The minimum atomic E-state index is -0.160. The van der Waals surface area contributed by atoms with Gasteiger partial charge in [0.05, 0.1) is 18.2 Å². The van der Waals surface area contributed by atoms with Gasteiger partial charge >= 0.3 is 0 Å². The summed E-state index contributed by atoms with van der Waals surface area (Å²) in [6, 6.07) is 7.63. The summed E-state index contributed by atoms with van der Waals surface area (Å²) in [6.45, 7) is 8.56. The minimum Gasteiger partial charge on any atom is -0.374 e. The van der Waals surface area contributed by atoms with Crippen LogP contribution >= 0.6 is 0 Å². The summed E-state index contributed by atoms with van der Waals surface area (Å²) in [5.74, 6) is 0.478. The van der Waals surface area contributed by atoms with Gasteiger partial charge in [0.15, 0.2) is 5.69 Å². The predicted octanol–water partition coefficient (Wildman–Crippen LogP) is 1.65. The molecule has 1 aromatic heterocycles. The topological polar surface area (TPSA) is 70.2 Å². The summed E-state index contributed by atoms with van der Waals surface area (Å²) in [5.41, 5.74) is 1.31. The number of aromatic nitrogens is 2. The molecular formula is C17H24N4O2. The lowest BCUT2D eigenvalue weighted by Crippen LogP contribution is -2.48. The van der Waals surface area contributed by atoms with Gasteiger partial charge in [0.25, 0.3) is 5.91 Å². The molecule has 1 saturated heterocycles. The predicted molar refractivity (Wildman–Crippen MR) is 89.4 cm³/mol. The third-order valence-corrected chi connectivity index (χ3v) is 4.02. The Morgan fingerprint density at radius 1 is 1.48 bits per heavy atom. The first kappa shape index (κ1) is 16.0. The summed E-state index contributed by atoms with van der Waals surface area (Å²) < 4.78 is 5.76. The Morgan fingerprint density at radius 3 is 3.13 bits per heavy atom. The molecule has 2 heterocycles. The molecule has 124 valence electrons. The number of hydrogen-bond acceptors (Lipinski definition) is 4. The summed E-state index contributed by atoms with van der Waals surface area (Å²) in [6.07, 6.45) is 0.0386. The zero-order valence-electron chi connectivity index (χ0n) is 13.7. The van der Waals surface area contributed by atoms with E-state index in [1.165, 1.54) is 0 Å². The van der Waals surface area contributed by atoms with Gasteiger partial charge in [-0.15, -0.1) is 0 Å². The van der Waals surface area contributed by atoms with Gasteiger partial charge in [0.1, 0.15) is 0 Å². The number of fused-ring (bicyclic) bond motifs is 1. The van der Waals surface area contributed by atoms with Crippen LogP contribution in [-0.2, 0) is 4.74 Å². The number of rotatable bonds is 5. The van der Waals surface area contributed by atoms with Gasteiger partial charge in [-0.2, -0.15) is 5.10 Å². The molecule has 0 radical (unpaired) electrons. The van der Waals surface area contributed by atoms with E-state index in [1.54, 1.807) is 0 Å². The second kappa shape index (κ2) is 7.10. The minimum absolute atomic E-state index is 0.0386. The Balaban J connectivity index is 1.56. The molecule has 0 aliphatic carbocycles. The molecular weight excluding hydrogens is 292 g/mol. The molecule has 0 spiro atoms. The molecule has 3 rings (SSSR count). The van der Waals surface area contributed by atoms with Crippen molar-refractivity contribution < 1.29 is 9.53 Å². The molecule has 1 aromatic carbocycles. The van der Waals surface area contributed by atoms with E-state index in [9.17, 15) is 4.79 Å². The van der Waals surface area contributed by atoms with Crippen LogP contribution in [-0.4, -0.2) is 59.9 Å². The zero-order valence-corrected chi connectivity index (χ0v) is 13.7. The Hall–Kier alpha value is -1.92.